The van der Waals surface area contributed by atoms with E-state index in [1.807, 2.05) is 48.5 Å². The first-order valence-corrected chi connectivity index (χ1v) is 10.1. The summed E-state index contributed by atoms with van der Waals surface area (Å²) in [6, 6.07) is 14.9. The fourth-order valence-corrected chi connectivity index (χ4v) is 3.69. The summed E-state index contributed by atoms with van der Waals surface area (Å²) in [4.78, 5) is 38.7. The van der Waals surface area contributed by atoms with Crippen molar-refractivity contribution in [1.82, 2.24) is 10.2 Å². The molecule has 2 aromatic carbocycles. The highest BCUT2D eigenvalue weighted by Crippen LogP contribution is 2.36. The van der Waals surface area contributed by atoms with Crippen molar-refractivity contribution in [2.45, 2.75) is 25.2 Å². The first-order valence-electron chi connectivity index (χ1n) is 9.34. The Hall–Kier alpha value is -2.67. The minimum atomic E-state index is -0.943. The highest BCUT2D eigenvalue weighted by atomic mass is 79.9. The number of hydrogen-bond donors (Lipinski definition) is 1. The quantitative estimate of drug-likeness (QED) is 0.647. The van der Waals surface area contributed by atoms with Gasteiger partial charge in [0.05, 0.1) is 12.5 Å². The lowest BCUT2D eigenvalue weighted by molar-refractivity contribution is -0.143. The zero-order chi connectivity index (χ0) is 21.0. The van der Waals surface area contributed by atoms with Crippen LogP contribution in [0.4, 0.5) is 0 Å². The van der Waals surface area contributed by atoms with E-state index in [0.29, 0.717) is 13.0 Å². The fourth-order valence-electron chi connectivity index (χ4n) is 3.43. The van der Waals surface area contributed by atoms with Gasteiger partial charge in [-0.15, -0.1) is 0 Å². The normalized spacial score (nSPS) is 18.8. The monoisotopic (exact) mass is 458 g/mol. The van der Waals surface area contributed by atoms with E-state index < -0.39 is 5.41 Å². The van der Waals surface area contributed by atoms with Crippen LogP contribution in [0.1, 0.15) is 24.5 Å². The Balaban J connectivity index is 1.56. The summed E-state index contributed by atoms with van der Waals surface area (Å²) in [7, 11) is 1.61. The van der Waals surface area contributed by atoms with Gasteiger partial charge < -0.3 is 10.1 Å². The summed E-state index contributed by atoms with van der Waals surface area (Å²) >= 11 is 3.37. The molecule has 1 aliphatic rings. The molecule has 3 amide bonds. The van der Waals surface area contributed by atoms with E-state index >= 15 is 0 Å². The van der Waals surface area contributed by atoms with Gasteiger partial charge in [-0.25, -0.2) is 0 Å². The van der Waals surface area contributed by atoms with E-state index in [0.717, 1.165) is 26.2 Å². The Bertz CT molecular complexity index is 911. The second-order valence-electron chi connectivity index (χ2n) is 7.25. The molecule has 1 atom stereocenters. The number of ether oxygens (including phenoxy) is 1. The number of carbonyl (C=O) groups is 3. The van der Waals surface area contributed by atoms with Gasteiger partial charge in [0.25, 0.3) is 0 Å². The first kappa shape index (κ1) is 21.0. The third-order valence-electron chi connectivity index (χ3n) is 5.20. The van der Waals surface area contributed by atoms with Crippen LogP contribution in [0.5, 0.6) is 5.75 Å². The Labute approximate surface area is 178 Å². The van der Waals surface area contributed by atoms with E-state index in [9.17, 15) is 14.4 Å². The SMILES string of the molecule is COc1ccc(CCNC(=O)CN2C(=O)CC(C)(c3ccc(Br)cc3)C2=O)cc1. The maximum atomic E-state index is 12.9. The number of nitrogens with one attached hydrogen (secondary N) is 1. The van der Waals surface area contributed by atoms with Crippen molar-refractivity contribution < 1.29 is 19.1 Å². The van der Waals surface area contributed by atoms with Crippen molar-refractivity contribution in [1.29, 1.82) is 0 Å². The highest BCUT2D eigenvalue weighted by Gasteiger charge is 2.49. The third kappa shape index (κ3) is 4.67. The van der Waals surface area contributed by atoms with Crippen molar-refractivity contribution in [3.05, 3.63) is 64.1 Å². The molecule has 152 valence electrons. The summed E-state index contributed by atoms with van der Waals surface area (Å²) in [5, 5.41) is 2.78. The Morgan fingerprint density at radius 2 is 1.79 bits per heavy atom. The molecule has 0 saturated carbocycles. The number of nitrogens with zero attached hydrogens (tertiary/aromatic N) is 1. The van der Waals surface area contributed by atoms with Crippen LogP contribution in [0.15, 0.2) is 53.0 Å². The number of amides is 3. The lowest BCUT2D eigenvalue weighted by atomic mass is 9.81. The molecule has 0 aliphatic carbocycles. The summed E-state index contributed by atoms with van der Waals surface area (Å²) in [6.07, 6.45) is 0.709. The first-order chi connectivity index (χ1) is 13.8. The lowest BCUT2D eigenvalue weighted by Crippen LogP contribution is -2.43. The van der Waals surface area contributed by atoms with Crippen molar-refractivity contribution >= 4 is 33.7 Å². The number of halogens is 1. The number of likely N-dealkylation sites (tertiary alicyclic amines) is 1. The van der Waals surface area contributed by atoms with Crippen molar-refractivity contribution in [3.8, 4) is 5.75 Å². The molecule has 1 heterocycles. The van der Waals surface area contributed by atoms with Crippen LogP contribution >= 0.6 is 15.9 Å². The Morgan fingerprint density at radius 3 is 2.41 bits per heavy atom. The fraction of sp³-hybridized carbons (Fsp3) is 0.318. The molecule has 1 aliphatic heterocycles. The van der Waals surface area contributed by atoms with Gasteiger partial charge in [0.1, 0.15) is 12.3 Å². The van der Waals surface area contributed by atoms with Gasteiger partial charge in [-0.2, -0.15) is 0 Å². The largest absolute Gasteiger partial charge is 0.497 e. The molecule has 0 bridgehead atoms. The van der Waals surface area contributed by atoms with Gasteiger partial charge in [-0.1, -0.05) is 40.2 Å². The standard InChI is InChI=1S/C22H23BrN2O4/c1-22(16-5-7-17(23)8-6-16)13-20(27)25(21(22)28)14-19(26)24-12-11-15-3-9-18(29-2)10-4-15/h3-10H,11-14H2,1-2H3,(H,24,26). The van der Waals surface area contributed by atoms with Crippen molar-refractivity contribution in [3.63, 3.8) is 0 Å². The van der Waals surface area contributed by atoms with Gasteiger partial charge in [0, 0.05) is 17.4 Å². The van der Waals surface area contributed by atoms with Crippen LogP contribution in [0.25, 0.3) is 0 Å². The predicted molar refractivity (Wildman–Crippen MR) is 113 cm³/mol. The van der Waals surface area contributed by atoms with E-state index in [1.165, 1.54) is 0 Å². The number of hydrogen-bond acceptors (Lipinski definition) is 4. The second-order valence-corrected chi connectivity index (χ2v) is 8.16. The van der Waals surface area contributed by atoms with Crippen LogP contribution in [0, 0.1) is 0 Å². The van der Waals surface area contributed by atoms with Gasteiger partial charge in [-0.05, 0) is 48.7 Å². The molecule has 6 nitrogen and oxygen atoms in total. The molecule has 2 aromatic rings. The molecule has 1 unspecified atom stereocenters. The Kier molecular flexibility index (Phi) is 6.37. The average Bonchev–Trinajstić information content (AvgIpc) is 2.93. The molecule has 29 heavy (non-hydrogen) atoms. The molecule has 0 spiro atoms. The summed E-state index contributed by atoms with van der Waals surface area (Å²) < 4.78 is 6.02. The highest BCUT2D eigenvalue weighted by molar-refractivity contribution is 9.10. The summed E-state index contributed by atoms with van der Waals surface area (Å²) in [5.41, 5.74) is 0.880. The average molecular weight is 459 g/mol. The molecule has 0 radical (unpaired) electrons. The molecule has 7 heteroatoms. The van der Waals surface area contributed by atoms with Crippen molar-refractivity contribution in [2.24, 2.45) is 0 Å². The number of methoxy groups -OCH3 is 1. The minimum absolute atomic E-state index is 0.0621. The van der Waals surface area contributed by atoms with Crippen molar-refractivity contribution in [2.75, 3.05) is 20.2 Å². The molecule has 1 N–H and O–H groups in total. The second kappa shape index (κ2) is 8.78. The molecule has 0 aromatic heterocycles. The van der Waals surface area contributed by atoms with E-state index in [2.05, 4.69) is 21.2 Å². The van der Waals surface area contributed by atoms with Crippen LogP contribution in [0.3, 0.4) is 0 Å². The summed E-state index contributed by atoms with van der Waals surface area (Å²) in [5.74, 6) is -0.237. The van der Waals surface area contributed by atoms with Gasteiger partial charge in [0.15, 0.2) is 0 Å². The maximum absolute atomic E-state index is 12.9. The number of benzene rings is 2. The number of carbonyl (C=O) groups excluding carboxylic acids is 3. The predicted octanol–water partition coefficient (Wildman–Crippen LogP) is 2.83. The Morgan fingerprint density at radius 1 is 1.14 bits per heavy atom. The third-order valence-corrected chi connectivity index (χ3v) is 5.73. The maximum Gasteiger partial charge on any atom is 0.240 e. The lowest BCUT2D eigenvalue weighted by Gasteiger charge is -2.22. The van der Waals surface area contributed by atoms with Crippen LogP contribution < -0.4 is 10.1 Å². The van der Waals surface area contributed by atoms with Crippen LogP contribution in [-0.2, 0) is 26.2 Å². The molecule has 1 fully saturated rings. The van der Waals surface area contributed by atoms with Crippen LogP contribution in [-0.4, -0.2) is 42.8 Å². The van der Waals surface area contributed by atoms with Gasteiger partial charge >= 0.3 is 0 Å². The van der Waals surface area contributed by atoms with E-state index in [1.54, 1.807) is 14.0 Å². The molecular weight excluding hydrogens is 436 g/mol. The summed E-state index contributed by atoms with van der Waals surface area (Å²) in [6.45, 7) is 1.91. The van der Waals surface area contributed by atoms with Gasteiger partial charge in [0.2, 0.25) is 17.7 Å². The van der Waals surface area contributed by atoms with Crippen LogP contribution in [0.2, 0.25) is 0 Å². The van der Waals surface area contributed by atoms with Gasteiger partial charge in [-0.3, -0.25) is 19.3 Å². The zero-order valence-corrected chi connectivity index (χ0v) is 18.0. The molecular formula is C22H23BrN2O4. The smallest absolute Gasteiger partial charge is 0.240 e. The topological polar surface area (TPSA) is 75.7 Å². The number of rotatable bonds is 7. The molecule has 1 saturated heterocycles. The minimum Gasteiger partial charge on any atom is -0.497 e. The zero-order valence-electron chi connectivity index (χ0n) is 16.4. The number of imide groups is 1. The molecule has 3 rings (SSSR count). The van der Waals surface area contributed by atoms with E-state index in [-0.39, 0.29) is 30.7 Å². The van der Waals surface area contributed by atoms with E-state index in [4.69, 9.17) is 4.74 Å².